The summed E-state index contributed by atoms with van der Waals surface area (Å²) in [4.78, 5) is 4.30. The molecule has 0 radical (unpaired) electrons. The van der Waals surface area contributed by atoms with Crippen molar-refractivity contribution in [3.8, 4) is 11.6 Å². The van der Waals surface area contributed by atoms with E-state index in [4.69, 9.17) is 14.7 Å². The van der Waals surface area contributed by atoms with Crippen molar-refractivity contribution in [1.29, 1.82) is 0 Å². The van der Waals surface area contributed by atoms with Crippen LogP contribution in [-0.4, -0.2) is 16.7 Å². The van der Waals surface area contributed by atoms with Crippen molar-refractivity contribution >= 4 is 0 Å². The molecule has 0 saturated carbocycles. The quantitative estimate of drug-likeness (QED) is 0.856. The third kappa shape index (κ3) is 1.74. The molecule has 2 heterocycles. The van der Waals surface area contributed by atoms with Gasteiger partial charge in [-0.3, -0.25) is 0 Å². The summed E-state index contributed by atoms with van der Waals surface area (Å²) in [5.74, 6) is 1.64. The smallest absolute Gasteiger partial charge is 0.238 e. The molecule has 0 bridgehead atoms. The number of furan rings is 1. The number of rotatable bonds is 3. The van der Waals surface area contributed by atoms with E-state index in [1.165, 1.54) is 0 Å². The Hall–Kier alpha value is -1.62. The maximum atomic E-state index is 5.64. The van der Waals surface area contributed by atoms with Gasteiger partial charge >= 0.3 is 0 Å². The fourth-order valence-electron chi connectivity index (χ4n) is 1.28. The summed E-state index contributed by atoms with van der Waals surface area (Å²) >= 11 is 0. The van der Waals surface area contributed by atoms with Crippen molar-refractivity contribution in [2.75, 3.05) is 6.54 Å². The molecule has 5 heteroatoms. The lowest BCUT2D eigenvalue weighted by Crippen LogP contribution is -2.28. The zero-order chi connectivity index (χ0) is 11.8. The van der Waals surface area contributed by atoms with Crippen LogP contribution in [0.2, 0.25) is 0 Å². The van der Waals surface area contributed by atoms with E-state index in [1.807, 2.05) is 26.8 Å². The molecule has 0 aliphatic carbocycles. The van der Waals surface area contributed by atoms with Crippen molar-refractivity contribution in [2.24, 2.45) is 5.73 Å². The number of aromatic nitrogens is 2. The summed E-state index contributed by atoms with van der Waals surface area (Å²) in [6.07, 6.45) is 1.61. The van der Waals surface area contributed by atoms with Gasteiger partial charge in [0.05, 0.1) is 11.7 Å². The molecule has 0 amide bonds. The van der Waals surface area contributed by atoms with Crippen molar-refractivity contribution in [1.82, 2.24) is 10.1 Å². The minimum absolute atomic E-state index is 0.314. The van der Waals surface area contributed by atoms with E-state index in [0.717, 1.165) is 5.56 Å². The lowest BCUT2D eigenvalue weighted by molar-refractivity contribution is 0.311. The van der Waals surface area contributed by atoms with Crippen molar-refractivity contribution in [3.05, 3.63) is 23.8 Å². The van der Waals surface area contributed by atoms with Gasteiger partial charge in [0.2, 0.25) is 11.7 Å². The molecule has 0 atom stereocenters. The largest absolute Gasteiger partial charge is 0.461 e. The van der Waals surface area contributed by atoms with Crippen LogP contribution in [0.1, 0.15) is 25.3 Å². The third-order valence-corrected chi connectivity index (χ3v) is 2.58. The van der Waals surface area contributed by atoms with Gasteiger partial charge in [-0.15, -0.1) is 0 Å². The summed E-state index contributed by atoms with van der Waals surface area (Å²) in [6.45, 7) is 6.30. The first-order valence-electron chi connectivity index (χ1n) is 5.13. The molecule has 16 heavy (non-hydrogen) atoms. The van der Waals surface area contributed by atoms with Crippen molar-refractivity contribution in [3.63, 3.8) is 0 Å². The van der Waals surface area contributed by atoms with Gasteiger partial charge in [0, 0.05) is 6.54 Å². The Kier molecular flexibility index (Phi) is 2.55. The van der Waals surface area contributed by atoms with Gasteiger partial charge in [-0.2, -0.15) is 4.98 Å². The van der Waals surface area contributed by atoms with Crippen LogP contribution in [0.4, 0.5) is 0 Å². The van der Waals surface area contributed by atoms with Crippen LogP contribution in [0.3, 0.4) is 0 Å². The lowest BCUT2D eigenvalue weighted by atomic mass is 9.94. The first kappa shape index (κ1) is 10.9. The number of nitrogens with two attached hydrogens (primary N) is 1. The Bertz CT molecular complexity index is 485. The van der Waals surface area contributed by atoms with Crippen LogP contribution in [0.25, 0.3) is 11.6 Å². The number of aryl methyl sites for hydroxylation is 1. The molecule has 2 aromatic rings. The van der Waals surface area contributed by atoms with E-state index >= 15 is 0 Å². The van der Waals surface area contributed by atoms with Gasteiger partial charge in [-0.1, -0.05) is 5.16 Å². The fourth-order valence-corrected chi connectivity index (χ4v) is 1.28. The van der Waals surface area contributed by atoms with Gasteiger partial charge < -0.3 is 14.7 Å². The molecule has 0 aliphatic rings. The molecule has 0 saturated heterocycles. The highest BCUT2D eigenvalue weighted by Gasteiger charge is 2.27. The second kappa shape index (κ2) is 3.75. The molecule has 0 aliphatic heterocycles. The molecular weight excluding hydrogens is 206 g/mol. The summed E-state index contributed by atoms with van der Waals surface area (Å²) in [5, 5.41) is 3.90. The van der Waals surface area contributed by atoms with Crippen LogP contribution < -0.4 is 5.73 Å². The first-order valence-corrected chi connectivity index (χ1v) is 5.13. The highest BCUT2D eigenvalue weighted by Crippen LogP contribution is 2.25. The standard InChI is InChI=1S/C11H15N3O2/c1-7-4-5-15-8(7)9-13-10(16-14-9)11(2,3)6-12/h4-5H,6,12H2,1-3H3. The zero-order valence-corrected chi connectivity index (χ0v) is 9.65. The van der Waals surface area contributed by atoms with Gasteiger partial charge in [-0.25, -0.2) is 0 Å². The second-order valence-electron chi connectivity index (χ2n) is 4.44. The normalized spacial score (nSPS) is 12.0. The van der Waals surface area contributed by atoms with Crippen LogP contribution >= 0.6 is 0 Å². The summed E-state index contributed by atoms with van der Waals surface area (Å²) in [7, 11) is 0. The van der Waals surface area contributed by atoms with Crippen LogP contribution in [0.5, 0.6) is 0 Å². The first-order chi connectivity index (χ1) is 7.54. The minimum atomic E-state index is -0.314. The molecule has 0 unspecified atom stereocenters. The third-order valence-electron chi connectivity index (χ3n) is 2.58. The average molecular weight is 221 g/mol. The Balaban J connectivity index is 2.37. The molecule has 86 valence electrons. The van der Waals surface area contributed by atoms with E-state index in [0.29, 0.717) is 24.0 Å². The van der Waals surface area contributed by atoms with Crippen molar-refractivity contribution < 1.29 is 8.94 Å². The predicted molar refractivity (Wildman–Crippen MR) is 58.8 cm³/mol. The molecule has 0 spiro atoms. The van der Waals surface area contributed by atoms with E-state index in [1.54, 1.807) is 6.26 Å². The highest BCUT2D eigenvalue weighted by molar-refractivity contribution is 5.51. The second-order valence-corrected chi connectivity index (χ2v) is 4.44. The summed E-state index contributed by atoms with van der Waals surface area (Å²) < 4.78 is 10.5. The SMILES string of the molecule is Cc1ccoc1-c1noc(C(C)(C)CN)n1. The Labute approximate surface area is 93.6 Å². The summed E-state index contributed by atoms with van der Waals surface area (Å²) in [6, 6.07) is 1.86. The Morgan fingerprint density at radius 3 is 2.75 bits per heavy atom. The maximum Gasteiger partial charge on any atom is 0.238 e. The van der Waals surface area contributed by atoms with E-state index in [2.05, 4.69) is 10.1 Å². The summed E-state index contributed by atoms with van der Waals surface area (Å²) in [5.41, 5.74) is 6.32. The van der Waals surface area contributed by atoms with E-state index in [9.17, 15) is 0 Å². The van der Waals surface area contributed by atoms with Crippen LogP contribution in [0, 0.1) is 6.92 Å². The molecule has 0 fully saturated rings. The number of nitrogens with zero attached hydrogens (tertiary/aromatic N) is 2. The Morgan fingerprint density at radius 1 is 1.44 bits per heavy atom. The van der Waals surface area contributed by atoms with E-state index < -0.39 is 0 Å². The van der Waals surface area contributed by atoms with Gasteiger partial charge in [0.25, 0.3) is 0 Å². The molecule has 2 N–H and O–H groups in total. The minimum Gasteiger partial charge on any atom is -0.461 e. The molecule has 0 aromatic carbocycles. The van der Waals surface area contributed by atoms with Gasteiger partial charge in [-0.05, 0) is 32.4 Å². The van der Waals surface area contributed by atoms with Crippen LogP contribution in [0.15, 0.2) is 21.3 Å². The molecule has 5 nitrogen and oxygen atoms in total. The highest BCUT2D eigenvalue weighted by atomic mass is 16.5. The predicted octanol–water partition coefficient (Wildman–Crippen LogP) is 1.87. The monoisotopic (exact) mass is 221 g/mol. The Morgan fingerprint density at radius 2 is 2.19 bits per heavy atom. The average Bonchev–Trinajstić information content (AvgIpc) is 2.85. The maximum absolute atomic E-state index is 5.64. The topological polar surface area (TPSA) is 78.1 Å². The number of hydrogen-bond acceptors (Lipinski definition) is 5. The zero-order valence-electron chi connectivity index (χ0n) is 9.65. The van der Waals surface area contributed by atoms with E-state index in [-0.39, 0.29) is 5.41 Å². The molecule has 2 aromatic heterocycles. The van der Waals surface area contributed by atoms with Crippen molar-refractivity contribution in [2.45, 2.75) is 26.2 Å². The number of hydrogen-bond donors (Lipinski definition) is 1. The fraction of sp³-hybridized carbons (Fsp3) is 0.455. The lowest BCUT2D eigenvalue weighted by Gasteiger charge is -2.15. The molecule has 2 rings (SSSR count). The van der Waals surface area contributed by atoms with Gasteiger partial charge in [0.1, 0.15) is 0 Å². The molecular formula is C11H15N3O2. The van der Waals surface area contributed by atoms with Crippen LogP contribution in [-0.2, 0) is 5.41 Å². The van der Waals surface area contributed by atoms with Gasteiger partial charge in [0.15, 0.2) is 5.76 Å².